The lowest BCUT2D eigenvalue weighted by molar-refractivity contribution is 0.0644. The summed E-state index contributed by atoms with van der Waals surface area (Å²) < 4.78 is 0. The number of nitrogens with zero attached hydrogens (tertiary/aromatic N) is 1. The maximum Gasteiger partial charge on any atom is 0.0831 e. The number of hydrogen-bond donors (Lipinski definition) is 3. The van der Waals surface area contributed by atoms with Crippen LogP contribution in [0.5, 0.6) is 0 Å². The number of nitrogens with one attached hydrogen (secondary N) is 2. The number of halogens is 1. The largest absolute Gasteiger partial charge is 0.390 e. The molecule has 0 radical (unpaired) electrons. The fourth-order valence-electron chi connectivity index (χ4n) is 2.54. The average molecular weight is 236 g/mol. The molecule has 2 aliphatic rings. The second-order valence-corrected chi connectivity index (χ2v) is 4.39. The highest BCUT2D eigenvalue weighted by atomic mass is 35.5. The lowest BCUT2D eigenvalue weighted by Gasteiger charge is -2.36. The molecule has 90 valence electrons. The number of aliphatic hydroxyl groups excluding tert-OH is 1. The first-order chi connectivity index (χ1) is 6.81. The van der Waals surface area contributed by atoms with Crippen molar-refractivity contribution in [2.45, 2.75) is 31.0 Å². The number of β-amino-alcohol motifs (C(OH)–C–C–N with tert-alkyl or cyclic N) is 1. The molecule has 0 aliphatic carbocycles. The fourth-order valence-corrected chi connectivity index (χ4v) is 2.54. The summed E-state index contributed by atoms with van der Waals surface area (Å²) in [6, 6.07) is 1.03. The highest BCUT2D eigenvalue weighted by Crippen LogP contribution is 2.16. The Morgan fingerprint density at radius 2 is 1.93 bits per heavy atom. The molecule has 0 amide bonds. The van der Waals surface area contributed by atoms with E-state index in [4.69, 9.17) is 0 Å². The SMILES string of the molecule is CNC1CCN([C@@H]2CNC[C@H]2O)CC1.Cl. The van der Waals surface area contributed by atoms with Gasteiger partial charge < -0.3 is 15.7 Å². The van der Waals surface area contributed by atoms with E-state index in [0.717, 1.165) is 26.2 Å². The van der Waals surface area contributed by atoms with Crippen molar-refractivity contribution in [3.8, 4) is 0 Å². The van der Waals surface area contributed by atoms with Gasteiger partial charge in [0.1, 0.15) is 0 Å². The zero-order valence-electron chi connectivity index (χ0n) is 9.28. The third kappa shape index (κ3) is 3.04. The van der Waals surface area contributed by atoms with Crippen LogP contribution in [0, 0.1) is 0 Å². The second-order valence-electron chi connectivity index (χ2n) is 4.39. The Bertz CT molecular complexity index is 186. The van der Waals surface area contributed by atoms with Gasteiger partial charge in [0.25, 0.3) is 0 Å². The predicted octanol–water partition coefficient (Wildman–Crippen LogP) is -0.575. The van der Waals surface area contributed by atoms with Gasteiger partial charge in [-0.1, -0.05) is 0 Å². The summed E-state index contributed by atoms with van der Waals surface area (Å²) in [7, 11) is 2.03. The van der Waals surface area contributed by atoms with Gasteiger partial charge in [0.15, 0.2) is 0 Å². The predicted molar refractivity (Wildman–Crippen MR) is 63.6 cm³/mol. The third-order valence-electron chi connectivity index (χ3n) is 3.56. The van der Waals surface area contributed by atoms with Crippen molar-refractivity contribution >= 4 is 12.4 Å². The fraction of sp³-hybridized carbons (Fsp3) is 1.00. The Balaban J connectivity index is 0.00000112. The van der Waals surface area contributed by atoms with Gasteiger partial charge in [0, 0.05) is 38.3 Å². The standard InChI is InChI=1S/C10H21N3O.ClH/c1-11-8-2-4-13(5-3-8)9-6-12-7-10(9)14;/h8-12,14H,2-7H2,1H3;1H/t9-,10-;/m1./s1. The summed E-state index contributed by atoms with van der Waals surface area (Å²) in [5.41, 5.74) is 0. The van der Waals surface area contributed by atoms with E-state index < -0.39 is 0 Å². The van der Waals surface area contributed by atoms with E-state index in [1.54, 1.807) is 0 Å². The van der Waals surface area contributed by atoms with Crippen LogP contribution in [-0.2, 0) is 0 Å². The Hall–Kier alpha value is 0.130. The maximum absolute atomic E-state index is 9.74. The molecule has 0 aromatic carbocycles. The van der Waals surface area contributed by atoms with Crippen molar-refractivity contribution in [3.63, 3.8) is 0 Å². The van der Waals surface area contributed by atoms with Gasteiger partial charge in [0.05, 0.1) is 6.10 Å². The number of aliphatic hydroxyl groups is 1. The Morgan fingerprint density at radius 1 is 1.27 bits per heavy atom. The molecule has 2 rings (SSSR count). The van der Waals surface area contributed by atoms with Crippen LogP contribution in [-0.4, -0.2) is 61.4 Å². The van der Waals surface area contributed by atoms with Crippen molar-refractivity contribution < 1.29 is 5.11 Å². The molecular formula is C10H22ClN3O. The van der Waals surface area contributed by atoms with Crippen molar-refractivity contribution in [1.82, 2.24) is 15.5 Å². The number of piperidine rings is 1. The van der Waals surface area contributed by atoms with Gasteiger partial charge in [-0.05, 0) is 19.9 Å². The second kappa shape index (κ2) is 6.01. The van der Waals surface area contributed by atoms with Crippen molar-refractivity contribution in [3.05, 3.63) is 0 Å². The molecule has 0 aromatic rings. The minimum Gasteiger partial charge on any atom is -0.390 e. The topological polar surface area (TPSA) is 47.5 Å². The number of rotatable bonds is 2. The minimum absolute atomic E-state index is 0. The molecule has 2 atom stereocenters. The Labute approximate surface area is 97.8 Å². The van der Waals surface area contributed by atoms with Crippen LogP contribution in [0.3, 0.4) is 0 Å². The summed E-state index contributed by atoms with van der Waals surface area (Å²) in [4.78, 5) is 2.43. The molecule has 2 heterocycles. The van der Waals surface area contributed by atoms with E-state index in [1.165, 1.54) is 12.8 Å². The van der Waals surface area contributed by atoms with E-state index in [1.807, 2.05) is 7.05 Å². The van der Waals surface area contributed by atoms with Gasteiger partial charge in [-0.3, -0.25) is 4.90 Å². The monoisotopic (exact) mass is 235 g/mol. The lowest BCUT2D eigenvalue weighted by Crippen LogP contribution is -2.50. The van der Waals surface area contributed by atoms with Gasteiger partial charge in [-0.2, -0.15) is 0 Å². The third-order valence-corrected chi connectivity index (χ3v) is 3.56. The zero-order valence-corrected chi connectivity index (χ0v) is 10.1. The maximum atomic E-state index is 9.74. The highest BCUT2D eigenvalue weighted by Gasteiger charge is 2.32. The van der Waals surface area contributed by atoms with Crippen LogP contribution in [0.1, 0.15) is 12.8 Å². The van der Waals surface area contributed by atoms with Gasteiger partial charge in [-0.15, -0.1) is 12.4 Å². The van der Waals surface area contributed by atoms with Crippen molar-refractivity contribution in [1.29, 1.82) is 0 Å². The first-order valence-electron chi connectivity index (χ1n) is 5.61. The molecule has 2 aliphatic heterocycles. The zero-order chi connectivity index (χ0) is 9.97. The van der Waals surface area contributed by atoms with Crippen LogP contribution < -0.4 is 10.6 Å². The van der Waals surface area contributed by atoms with Crippen LogP contribution >= 0.6 is 12.4 Å². The van der Waals surface area contributed by atoms with Gasteiger partial charge in [-0.25, -0.2) is 0 Å². The molecule has 2 fully saturated rings. The summed E-state index contributed by atoms with van der Waals surface area (Å²) in [5.74, 6) is 0. The van der Waals surface area contributed by atoms with Crippen LogP contribution in [0.4, 0.5) is 0 Å². The summed E-state index contributed by atoms with van der Waals surface area (Å²) >= 11 is 0. The first kappa shape index (κ1) is 13.2. The van der Waals surface area contributed by atoms with E-state index in [0.29, 0.717) is 12.1 Å². The van der Waals surface area contributed by atoms with Gasteiger partial charge >= 0.3 is 0 Å². The van der Waals surface area contributed by atoms with E-state index in [-0.39, 0.29) is 18.5 Å². The summed E-state index contributed by atoms with van der Waals surface area (Å²) in [6.07, 6.45) is 2.25. The normalized spacial score (nSPS) is 34.0. The van der Waals surface area contributed by atoms with Crippen LogP contribution in [0.2, 0.25) is 0 Å². The molecule has 0 saturated carbocycles. The molecule has 5 heteroatoms. The number of likely N-dealkylation sites (tertiary alicyclic amines) is 1. The molecule has 3 N–H and O–H groups in total. The van der Waals surface area contributed by atoms with Gasteiger partial charge in [0.2, 0.25) is 0 Å². The Kier molecular flexibility index (Phi) is 5.29. The average Bonchev–Trinajstić information content (AvgIpc) is 2.65. The lowest BCUT2D eigenvalue weighted by atomic mass is 10.0. The molecule has 15 heavy (non-hydrogen) atoms. The highest BCUT2D eigenvalue weighted by molar-refractivity contribution is 5.85. The van der Waals surface area contributed by atoms with Crippen molar-refractivity contribution in [2.75, 3.05) is 33.2 Å². The van der Waals surface area contributed by atoms with Crippen LogP contribution in [0.15, 0.2) is 0 Å². The summed E-state index contributed by atoms with van der Waals surface area (Å²) in [5, 5.41) is 16.3. The molecule has 4 nitrogen and oxygen atoms in total. The Morgan fingerprint density at radius 3 is 2.40 bits per heavy atom. The molecule has 0 spiro atoms. The van der Waals surface area contributed by atoms with E-state index in [2.05, 4.69) is 15.5 Å². The first-order valence-corrected chi connectivity index (χ1v) is 5.61. The summed E-state index contributed by atoms with van der Waals surface area (Å²) in [6.45, 7) is 3.95. The molecule has 0 bridgehead atoms. The molecular weight excluding hydrogens is 214 g/mol. The quantitative estimate of drug-likeness (QED) is 0.600. The van der Waals surface area contributed by atoms with E-state index >= 15 is 0 Å². The number of hydrogen-bond acceptors (Lipinski definition) is 4. The minimum atomic E-state index is -0.166. The smallest absolute Gasteiger partial charge is 0.0831 e. The molecule has 0 unspecified atom stereocenters. The van der Waals surface area contributed by atoms with E-state index in [9.17, 15) is 5.11 Å². The van der Waals surface area contributed by atoms with Crippen molar-refractivity contribution in [2.24, 2.45) is 0 Å². The molecule has 2 saturated heterocycles. The van der Waals surface area contributed by atoms with Crippen LogP contribution in [0.25, 0.3) is 0 Å². The molecule has 0 aromatic heterocycles.